The Morgan fingerprint density at radius 3 is 2.65 bits per heavy atom. The normalized spacial score (nSPS) is 18.4. The zero-order valence-corrected chi connectivity index (χ0v) is 9.67. The molecule has 0 spiro atoms. The topological polar surface area (TPSA) is 43.8 Å². The third kappa shape index (κ3) is 2.80. The Morgan fingerprint density at radius 2 is 2.18 bits per heavy atom. The van der Waals surface area contributed by atoms with Gasteiger partial charge in [-0.1, -0.05) is 6.92 Å². The molecule has 1 aromatic heterocycles. The second-order valence-corrected chi connectivity index (χ2v) is 4.75. The molecule has 0 radical (unpaired) electrons. The van der Waals surface area contributed by atoms with Gasteiger partial charge in [0.05, 0.1) is 0 Å². The van der Waals surface area contributed by atoms with Crippen molar-refractivity contribution in [3.8, 4) is 0 Å². The van der Waals surface area contributed by atoms with Crippen molar-refractivity contribution in [3.63, 3.8) is 0 Å². The van der Waals surface area contributed by atoms with E-state index in [2.05, 4.69) is 5.10 Å². The van der Waals surface area contributed by atoms with Crippen LogP contribution in [-0.4, -0.2) is 16.3 Å². The van der Waals surface area contributed by atoms with Gasteiger partial charge in [-0.15, -0.1) is 0 Å². The molecule has 0 bridgehead atoms. The van der Waals surface area contributed by atoms with E-state index in [0.29, 0.717) is 18.8 Å². The monoisotopic (exact) mass is 247 g/mol. The Kier molecular flexibility index (Phi) is 3.16. The Morgan fingerprint density at radius 1 is 1.53 bits per heavy atom. The van der Waals surface area contributed by atoms with E-state index in [-0.39, 0.29) is 11.8 Å². The number of rotatable bonds is 4. The first-order chi connectivity index (χ1) is 7.91. The lowest BCUT2D eigenvalue weighted by atomic mass is 10.2. The molecule has 1 fully saturated rings. The van der Waals surface area contributed by atoms with E-state index in [1.165, 1.54) is 10.7 Å². The molecule has 1 atom stereocenters. The van der Waals surface area contributed by atoms with Crippen LogP contribution in [-0.2, 0) is 12.7 Å². The third-order valence-electron chi connectivity index (χ3n) is 2.98. The number of nitrogens with two attached hydrogens (primary N) is 1. The Balaban J connectivity index is 2.25. The molecule has 6 heteroatoms. The molecule has 1 aliphatic rings. The first kappa shape index (κ1) is 12.4. The van der Waals surface area contributed by atoms with Crippen LogP contribution >= 0.6 is 0 Å². The summed E-state index contributed by atoms with van der Waals surface area (Å²) >= 11 is 0. The summed E-state index contributed by atoms with van der Waals surface area (Å²) in [5.74, 6) is 0.386. The van der Waals surface area contributed by atoms with Gasteiger partial charge in [0.25, 0.3) is 0 Å². The van der Waals surface area contributed by atoms with Crippen LogP contribution in [0.3, 0.4) is 0 Å². The molecule has 1 unspecified atom stereocenters. The summed E-state index contributed by atoms with van der Waals surface area (Å²) in [7, 11) is 0. The molecule has 2 N–H and O–H groups in total. The summed E-state index contributed by atoms with van der Waals surface area (Å²) in [6.45, 7) is 2.81. The van der Waals surface area contributed by atoms with Crippen molar-refractivity contribution in [3.05, 3.63) is 17.5 Å². The average molecular weight is 247 g/mol. The molecule has 96 valence electrons. The van der Waals surface area contributed by atoms with Crippen LogP contribution in [0.1, 0.15) is 37.1 Å². The molecular formula is C11H16F3N3. The molecule has 1 saturated carbocycles. The van der Waals surface area contributed by atoms with Crippen molar-refractivity contribution in [2.24, 2.45) is 11.7 Å². The predicted molar refractivity (Wildman–Crippen MR) is 57.4 cm³/mol. The maximum absolute atomic E-state index is 12.6. The number of halogens is 3. The van der Waals surface area contributed by atoms with E-state index in [4.69, 9.17) is 5.73 Å². The lowest BCUT2D eigenvalue weighted by Crippen LogP contribution is -2.19. The number of aromatic nitrogens is 2. The molecule has 0 saturated heterocycles. The van der Waals surface area contributed by atoms with E-state index in [1.54, 1.807) is 0 Å². The number of alkyl halides is 3. The van der Waals surface area contributed by atoms with Gasteiger partial charge >= 0.3 is 6.18 Å². The van der Waals surface area contributed by atoms with E-state index in [0.717, 1.165) is 12.8 Å². The minimum absolute atomic E-state index is 0.133. The number of nitrogens with zero attached hydrogens (tertiary/aromatic N) is 2. The van der Waals surface area contributed by atoms with Gasteiger partial charge in [-0.05, 0) is 31.4 Å². The van der Waals surface area contributed by atoms with Crippen LogP contribution in [0.2, 0.25) is 0 Å². The molecule has 2 rings (SSSR count). The lowest BCUT2D eigenvalue weighted by molar-refractivity contribution is -0.141. The zero-order valence-electron chi connectivity index (χ0n) is 9.67. The van der Waals surface area contributed by atoms with Gasteiger partial charge in [-0.25, -0.2) is 0 Å². The van der Waals surface area contributed by atoms with Crippen LogP contribution in [0.25, 0.3) is 0 Å². The van der Waals surface area contributed by atoms with Gasteiger partial charge in [-0.3, -0.25) is 4.68 Å². The Hall–Kier alpha value is -1.04. The summed E-state index contributed by atoms with van der Waals surface area (Å²) < 4.78 is 39.2. The molecule has 1 heterocycles. The van der Waals surface area contributed by atoms with E-state index >= 15 is 0 Å². The standard InChI is InChI=1S/C11H16F3N3/c1-7(5-15)6-17-9(8-2-3-8)4-10(16-17)11(12,13)14/h4,7-8H,2-3,5-6,15H2,1H3. The number of hydrogen-bond donors (Lipinski definition) is 1. The third-order valence-corrected chi connectivity index (χ3v) is 2.98. The van der Waals surface area contributed by atoms with Crippen LogP contribution in [0.5, 0.6) is 0 Å². The fourth-order valence-electron chi connectivity index (χ4n) is 1.79. The maximum atomic E-state index is 12.6. The second-order valence-electron chi connectivity index (χ2n) is 4.75. The highest BCUT2D eigenvalue weighted by Gasteiger charge is 2.37. The fraction of sp³-hybridized carbons (Fsp3) is 0.727. The molecule has 3 nitrogen and oxygen atoms in total. The lowest BCUT2D eigenvalue weighted by Gasteiger charge is -2.11. The maximum Gasteiger partial charge on any atom is 0.435 e. The molecule has 0 aliphatic heterocycles. The smallest absolute Gasteiger partial charge is 0.330 e. The van der Waals surface area contributed by atoms with E-state index < -0.39 is 11.9 Å². The minimum atomic E-state index is -4.36. The Labute approximate surface area is 97.8 Å². The highest BCUT2D eigenvalue weighted by Crippen LogP contribution is 2.42. The quantitative estimate of drug-likeness (QED) is 0.887. The highest BCUT2D eigenvalue weighted by atomic mass is 19.4. The van der Waals surface area contributed by atoms with Crippen molar-refractivity contribution in [2.45, 2.75) is 38.4 Å². The van der Waals surface area contributed by atoms with Gasteiger partial charge in [0.15, 0.2) is 5.69 Å². The van der Waals surface area contributed by atoms with E-state index in [9.17, 15) is 13.2 Å². The van der Waals surface area contributed by atoms with Crippen molar-refractivity contribution in [1.29, 1.82) is 0 Å². The van der Waals surface area contributed by atoms with Crippen molar-refractivity contribution in [1.82, 2.24) is 9.78 Å². The van der Waals surface area contributed by atoms with Gasteiger partial charge in [0.1, 0.15) is 0 Å². The van der Waals surface area contributed by atoms with Crippen molar-refractivity contribution in [2.75, 3.05) is 6.54 Å². The summed E-state index contributed by atoms with van der Waals surface area (Å²) in [5.41, 5.74) is 5.41. The van der Waals surface area contributed by atoms with Gasteiger partial charge in [-0.2, -0.15) is 18.3 Å². The van der Waals surface area contributed by atoms with Gasteiger partial charge in [0, 0.05) is 18.2 Å². The summed E-state index contributed by atoms with van der Waals surface area (Å²) in [6, 6.07) is 1.18. The van der Waals surface area contributed by atoms with E-state index in [1.807, 2.05) is 6.92 Å². The van der Waals surface area contributed by atoms with Crippen LogP contribution in [0.15, 0.2) is 6.07 Å². The Bertz CT molecular complexity index is 393. The predicted octanol–water partition coefficient (Wildman–Crippen LogP) is 2.37. The summed E-state index contributed by atoms with van der Waals surface area (Å²) in [5, 5.41) is 3.67. The first-order valence-electron chi connectivity index (χ1n) is 5.77. The summed E-state index contributed by atoms with van der Waals surface area (Å²) in [6.07, 6.45) is -2.44. The molecular weight excluding hydrogens is 231 g/mol. The second kappa shape index (κ2) is 4.33. The average Bonchev–Trinajstić information content (AvgIpc) is 2.99. The largest absolute Gasteiger partial charge is 0.435 e. The summed E-state index contributed by atoms with van der Waals surface area (Å²) in [4.78, 5) is 0. The van der Waals surface area contributed by atoms with Crippen molar-refractivity contribution >= 4 is 0 Å². The molecule has 0 aromatic carbocycles. The zero-order chi connectivity index (χ0) is 12.6. The fourth-order valence-corrected chi connectivity index (χ4v) is 1.79. The SMILES string of the molecule is CC(CN)Cn1nc(C(F)(F)F)cc1C1CC1. The van der Waals surface area contributed by atoms with Gasteiger partial charge < -0.3 is 5.73 Å². The minimum Gasteiger partial charge on any atom is -0.330 e. The molecule has 17 heavy (non-hydrogen) atoms. The molecule has 0 amide bonds. The highest BCUT2D eigenvalue weighted by molar-refractivity contribution is 5.21. The van der Waals surface area contributed by atoms with Crippen molar-refractivity contribution < 1.29 is 13.2 Å². The van der Waals surface area contributed by atoms with Crippen LogP contribution < -0.4 is 5.73 Å². The van der Waals surface area contributed by atoms with Gasteiger partial charge in [0.2, 0.25) is 0 Å². The number of hydrogen-bond acceptors (Lipinski definition) is 2. The van der Waals surface area contributed by atoms with Crippen LogP contribution in [0, 0.1) is 5.92 Å². The molecule has 1 aliphatic carbocycles. The van der Waals surface area contributed by atoms with Crippen LogP contribution in [0.4, 0.5) is 13.2 Å². The first-order valence-corrected chi connectivity index (χ1v) is 5.77. The molecule has 1 aromatic rings.